The van der Waals surface area contributed by atoms with Crippen molar-refractivity contribution >= 4 is 11.6 Å². The minimum Gasteiger partial charge on any atom is -0.489 e. The van der Waals surface area contributed by atoms with Gasteiger partial charge >= 0.3 is 0 Å². The topological polar surface area (TPSA) is 79.9 Å². The maximum absolute atomic E-state index is 12.5. The molecule has 0 aliphatic heterocycles. The molecular formula is C21H20N4O2. The van der Waals surface area contributed by atoms with Crippen LogP contribution in [0.15, 0.2) is 54.6 Å². The lowest BCUT2D eigenvalue weighted by atomic mass is 10.1. The number of carbonyl (C=O) groups excluding carboxylic acids is 1. The van der Waals surface area contributed by atoms with Crippen LogP contribution in [0.25, 0.3) is 0 Å². The lowest BCUT2D eigenvalue weighted by Crippen LogP contribution is -2.17. The van der Waals surface area contributed by atoms with Gasteiger partial charge in [0.2, 0.25) is 0 Å². The first kappa shape index (κ1) is 18.2. The number of hydrogen-bond acceptors (Lipinski definition) is 4. The summed E-state index contributed by atoms with van der Waals surface area (Å²) in [6.07, 6.45) is 0.378. The molecule has 0 bridgehead atoms. The molecule has 1 N–H and O–H groups in total. The van der Waals surface area contributed by atoms with Crippen molar-refractivity contribution in [3.05, 3.63) is 77.1 Å². The molecule has 0 aliphatic rings. The average molecular weight is 360 g/mol. The van der Waals surface area contributed by atoms with E-state index in [0.717, 1.165) is 16.8 Å². The predicted molar refractivity (Wildman–Crippen MR) is 102 cm³/mol. The fraction of sp³-hybridized carbons (Fsp3) is 0.190. The van der Waals surface area contributed by atoms with Gasteiger partial charge in [0, 0.05) is 18.3 Å². The van der Waals surface area contributed by atoms with Crippen LogP contribution in [0.5, 0.6) is 5.75 Å². The van der Waals surface area contributed by atoms with E-state index >= 15 is 0 Å². The van der Waals surface area contributed by atoms with E-state index < -0.39 is 0 Å². The molecule has 3 aromatic rings. The van der Waals surface area contributed by atoms with Gasteiger partial charge in [-0.3, -0.25) is 9.48 Å². The third kappa shape index (κ3) is 4.53. The van der Waals surface area contributed by atoms with Gasteiger partial charge in [0.15, 0.2) is 0 Å². The first-order valence-corrected chi connectivity index (χ1v) is 8.55. The average Bonchev–Trinajstić information content (AvgIpc) is 3.01. The van der Waals surface area contributed by atoms with Crippen LogP contribution in [0, 0.1) is 18.3 Å². The van der Waals surface area contributed by atoms with Crippen molar-refractivity contribution in [2.24, 2.45) is 7.05 Å². The monoisotopic (exact) mass is 360 g/mol. The summed E-state index contributed by atoms with van der Waals surface area (Å²) < 4.78 is 7.39. The second-order valence-electron chi connectivity index (χ2n) is 6.17. The van der Waals surface area contributed by atoms with Crippen molar-refractivity contribution in [2.45, 2.75) is 20.0 Å². The molecule has 0 saturated carbocycles. The third-order valence-corrected chi connectivity index (χ3v) is 4.10. The number of nitrogens with zero attached hydrogens (tertiary/aromatic N) is 3. The van der Waals surface area contributed by atoms with Crippen LogP contribution in [0.1, 0.15) is 27.3 Å². The van der Waals surface area contributed by atoms with E-state index in [9.17, 15) is 4.79 Å². The van der Waals surface area contributed by atoms with Gasteiger partial charge in [0.1, 0.15) is 18.1 Å². The molecule has 6 heteroatoms. The van der Waals surface area contributed by atoms with E-state index in [1.165, 1.54) is 0 Å². The molecule has 0 spiro atoms. The number of rotatable bonds is 6. The number of aromatic nitrogens is 2. The Balaban J connectivity index is 1.69. The van der Waals surface area contributed by atoms with Gasteiger partial charge in [-0.2, -0.15) is 10.4 Å². The van der Waals surface area contributed by atoms with E-state index in [1.807, 2.05) is 55.5 Å². The van der Waals surface area contributed by atoms with Crippen molar-refractivity contribution in [3.63, 3.8) is 0 Å². The molecule has 1 amide bonds. The van der Waals surface area contributed by atoms with Gasteiger partial charge in [-0.25, -0.2) is 0 Å². The van der Waals surface area contributed by atoms with Gasteiger partial charge in [0.25, 0.3) is 5.91 Å². The number of aryl methyl sites for hydroxylation is 2. The molecule has 0 radical (unpaired) electrons. The molecule has 1 heterocycles. The molecule has 136 valence electrons. The van der Waals surface area contributed by atoms with Gasteiger partial charge in [-0.1, -0.05) is 30.3 Å². The number of nitriles is 1. The van der Waals surface area contributed by atoms with E-state index in [2.05, 4.69) is 16.5 Å². The van der Waals surface area contributed by atoms with Crippen LogP contribution in [0.2, 0.25) is 0 Å². The largest absolute Gasteiger partial charge is 0.489 e. The molecule has 0 saturated heterocycles. The first-order chi connectivity index (χ1) is 13.1. The van der Waals surface area contributed by atoms with Gasteiger partial charge in [-0.05, 0) is 36.8 Å². The highest BCUT2D eigenvalue weighted by Crippen LogP contribution is 2.20. The van der Waals surface area contributed by atoms with Crippen LogP contribution in [0.3, 0.4) is 0 Å². The second kappa shape index (κ2) is 8.19. The van der Waals surface area contributed by atoms with Crippen LogP contribution in [0.4, 0.5) is 5.69 Å². The van der Waals surface area contributed by atoms with E-state index in [1.54, 1.807) is 17.8 Å². The molecule has 0 unspecified atom stereocenters. The van der Waals surface area contributed by atoms with Gasteiger partial charge < -0.3 is 10.1 Å². The highest BCUT2D eigenvalue weighted by atomic mass is 16.5. The quantitative estimate of drug-likeness (QED) is 0.728. The van der Waals surface area contributed by atoms with E-state index in [-0.39, 0.29) is 5.91 Å². The summed E-state index contributed by atoms with van der Waals surface area (Å²) in [7, 11) is 1.74. The summed E-state index contributed by atoms with van der Waals surface area (Å²) >= 11 is 0. The molecule has 0 fully saturated rings. The fourth-order valence-electron chi connectivity index (χ4n) is 2.73. The molecule has 2 aromatic carbocycles. The maximum Gasteiger partial charge on any atom is 0.273 e. The summed E-state index contributed by atoms with van der Waals surface area (Å²) in [5.41, 5.74) is 3.80. The minimum atomic E-state index is -0.216. The van der Waals surface area contributed by atoms with Crippen LogP contribution in [-0.2, 0) is 20.1 Å². The fourth-order valence-corrected chi connectivity index (χ4v) is 2.73. The zero-order valence-corrected chi connectivity index (χ0v) is 15.3. The molecule has 6 nitrogen and oxygen atoms in total. The number of ether oxygens (including phenoxy) is 1. The zero-order chi connectivity index (χ0) is 19.2. The Bertz CT molecular complexity index is 984. The number of nitrogens with one attached hydrogen (secondary N) is 1. The van der Waals surface area contributed by atoms with E-state index in [0.29, 0.717) is 30.2 Å². The van der Waals surface area contributed by atoms with Crippen LogP contribution in [-0.4, -0.2) is 15.7 Å². The Labute approximate surface area is 158 Å². The Kier molecular flexibility index (Phi) is 5.53. The zero-order valence-electron chi connectivity index (χ0n) is 15.3. The smallest absolute Gasteiger partial charge is 0.273 e. The number of anilines is 1. The summed E-state index contributed by atoms with van der Waals surface area (Å²) in [5, 5.41) is 15.9. The lowest BCUT2D eigenvalue weighted by Gasteiger charge is -2.12. The maximum atomic E-state index is 12.5. The Morgan fingerprint density at radius 1 is 1.22 bits per heavy atom. The van der Waals surface area contributed by atoms with Crippen molar-refractivity contribution in [1.29, 1.82) is 5.26 Å². The minimum absolute atomic E-state index is 0.216. The van der Waals surface area contributed by atoms with Crippen LogP contribution >= 0.6 is 0 Å². The van der Waals surface area contributed by atoms with Crippen molar-refractivity contribution in [1.82, 2.24) is 9.78 Å². The Morgan fingerprint density at radius 2 is 1.96 bits per heavy atom. The first-order valence-electron chi connectivity index (χ1n) is 8.55. The number of carbonyl (C=O) groups is 1. The van der Waals surface area contributed by atoms with Gasteiger partial charge in [-0.15, -0.1) is 0 Å². The number of hydrogen-bond donors (Lipinski definition) is 1. The summed E-state index contributed by atoms with van der Waals surface area (Å²) in [6, 6.07) is 18.8. The summed E-state index contributed by atoms with van der Waals surface area (Å²) in [5.74, 6) is 0.492. The molecule has 3 rings (SSSR count). The molecule has 1 aromatic heterocycles. The summed E-state index contributed by atoms with van der Waals surface area (Å²) in [6.45, 7) is 2.17. The lowest BCUT2D eigenvalue weighted by molar-refractivity contribution is 0.101. The normalized spacial score (nSPS) is 10.3. The molecule has 0 aliphatic carbocycles. The SMILES string of the molecule is Cc1cc(C(=O)Nc2ccccc2COc2ccc(CC#N)cc2)n(C)n1. The Hall–Kier alpha value is -3.59. The second-order valence-corrected chi connectivity index (χ2v) is 6.17. The van der Waals surface area contributed by atoms with E-state index in [4.69, 9.17) is 10.00 Å². The molecule has 0 atom stereocenters. The number of para-hydroxylation sites is 1. The van der Waals surface area contributed by atoms with Crippen molar-refractivity contribution < 1.29 is 9.53 Å². The number of amides is 1. The standard InChI is InChI=1S/C21H20N4O2/c1-15-13-20(25(2)24-15)21(26)23-19-6-4-3-5-17(19)14-27-18-9-7-16(8-10-18)11-12-22/h3-10,13H,11,14H2,1-2H3,(H,23,26). The van der Waals surface area contributed by atoms with Gasteiger partial charge in [0.05, 0.1) is 18.2 Å². The molecule has 27 heavy (non-hydrogen) atoms. The summed E-state index contributed by atoms with van der Waals surface area (Å²) in [4.78, 5) is 12.5. The molecular weight excluding hydrogens is 340 g/mol. The van der Waals surface area contributed by atoms with Crippen molar-refractivity contribution in [2.75, 3.05) is 5.32 Å². The third-order valence-electron chi connectivity index (χ3n) is 4.10. The van der Waals surface area contributed by atoms with Crippen molar-refractivity contribution in [3.8, 4) is 11.8 Å². The highest BCUT2D eigenvalue weighted by molar-refractivity contribution is 6.03. The predicted octanol–water partition coefficient (Wildman–Crippen LogP) is 3.63. The Morgan fingerprint density at radius 3 is 2.63 bits per heavy atom. The highest BCUT2D eigenvalue weighted by Gasteiger charge is 2.13. The van der Waals surface area contributed by atoms with Crippen LogP contribution < -0.4 is 10.1 Å². The number of benzene rings is 2.